The highest BCUT2D eigenvalue weighted by atomic mass is 16.5. The van der Waals surface area contributed by atoms with Crippen molar-refractivity contribution in [1.29, 1.82) is 0 Å². The molecule has 6 rings (SSSR count). The van der Waals surface area contributed by atoms with E-state index in [1.165, 1.54) is 12.8 Å². The van der Waals surface area contributed by atoms with Gasteiger partial charge in [-0.3, -0.25) is 14.4 Å². The fourth-order valence-corrected chi connectivity index (χ4v) is 7.90. The van der Waals surface area contributed by atoms with E-state index in [9.17, 15) is 14.4 Å². The molecule has 0 aromatic rings. The van der Waals surface area contributed by atoms with Gasteiger partial charge in [0.2, 0.25) is 17.7 Å². The molecular weight excluding hydrogens is 458 g/mol. The standard InChI is InChI=1S/C28H41N3O5/c1-27-14-15-28(36-27)22(21(27)24(32)29-18-9-4-2-5-10-18)26(34)31(17-20-13-8-16-35-20)23(28)25(33)30-19-11-6-3-7-12-19/h14-15,18-23H,2-13,16-17H2,1H3,(H,29,32)(H,30,33). The summed E-state index contributed by atoms with van der Waals surface area (Å²) in [6, 6.07) is -0.504. The fraction of sp³-hybridized carbons (Fsp3) is 0.821. The minimum Gasteiger partial charge on any atom is -0.376 e. The van der Waals surface area contributed by atoms with Gasteiger partial charge in [-0.25, -0.2) is 0 Å². The molecule has 36 heavy (non-hydrogen) atoms. The number of nitrogens with zero attached hydrogens (tertiary/aromatic N) is 1. The topological polar surface area (TPSA) is 97.0 Å². The Bertz CT molecular complexity index is 920. The first-order valence-electron chi connectivity index (χ1n) is 14.3. The predicted octanol–water partition coefficient (Wildman–Crippen LogP) is 2.60. The van der Waals surface area contributed by atoms with Crippen LogP contribution in [0.5, 0.6) is 0 Å². The second-order valence-corrected chi connectivity index (χ2v) is 12.1. The molecule has 2 N–H and O–H groups in total. The lowest BCUT2D eigenvalue weighted by molar-refractivity contribution is -0.146. The van der Waals surface area contributed by atoms with Crippen molar-refractivity contribution >= 4 is 17.7 Å². The number of ether oxygens (including phenoxy) is 2. The number of carbonyl (C=O) groups is 3. The molecule has 8 heteroatoms. The van der Waals surface area contributed by atoms with E-state index in [4.69, 9.17) is 9.47 Å². The number of nitrogens with one attached hydrogen (secondary N) is 2. The molecular formula is C28H41N3O5. The summed E-state index contributed by atoms with van der Waals surface area (Å²) >= 11 is 0. The molecule has 2 aliphatic carbocycles. The molecule has 2 bridgehead atoms. The van der Waals surface area contributed by atoms with E-state index in [1.807, 2.05) is 19.1 Å². The van der Waals surface area contributed by atoms with Gasteiger partial charge in [-0.2, -0.15) is 0 Å². The summed E-state index contributed by atoms with van der Waals surface area (Å²) in [7, 11) is 0. The Labute approximate surface area is 213 Å². The number of rotatable bonds is 6. The molecule has 0 aromatic carbocycles. The Balaban J connectivity index is 1.30. The van der Waals surface area contributed by atoms with E-state index in [0.717, 1.165) is 64.2 Å². The van der Waals surface area contributed by atoms with Crippen LogP contribution in [0.15, 0.2) is 12.2 Å². The third kappa shape index (κ3) is 3.99. The molecule has 6 unspecified atom stereocenters. The zero-order valence-corrected chi connectivity index (χ0v) is 21.5. The Kier molecular flexibility index (Phi) is 6.39. The summed E-state index contributed by atoms with van der Waals surface area (Å²) in [5.74, 6) is -1.75. The van der Waals surface area contributed by atoms with Crippen LogP contribution in [0, 0.1) is 11.8 Å². The Morgan fingerprint density at radius 3 is 2.17 bits per heavy atom. The van der Waals surface area contributed by atoms with Gasteiger partial charge in [0, 0.05) is 25.2 Å². The fourth-order valence-electron chi connectivity index (χ4n) is 7.90. The molecule has 5 fully saturated rings. The van der Waals surface area contributed by atoms with Crippen molar-refractivity contribution in [2.24, 2.45) is 11.8 Å². The van der Waals surface area contributed by atoms with E-state index >= 15 is 0 Å². The molecule has 2 saturated carbocycles. The van der Waals surface area contributed by atoms with Crippen LogP contribution in [0.1, 0.15) is 84.0 Å². The number of hydrogen-bond acceptors (Lipinski definition) is 5. The average Bonchev–Trinajstić information content (AvgIpc) is 3.61. The van der Waals surface area contributed by atoms with Gasteiger partial charge in [0.1, 0.15) is 11.6 Å². The number of hydrogen-bond donors (Lipinski definition) is 2. The van der Waals surface area contributed by atoms with Crippen LogP contribution in [-0.2, 0) is 23.9 Å². The largest absolute Gasteiger partial charge is 0.376 e. The predicted molar refractivity (Wildman–Crippen MR) is 133 cm³/mol. The lowest BCUT2D eigenvalue weighted by atomic mass is 9.70. The molecule has 1 spiro atoms. The maximum atomic E-state index is 14.1. The first-order valence-corrected chi connectivity index (χ1v) is 14.3. The highest BCUT2D eigenvalue weighted by Crippen LogP contribution is 2.59. The normalized spacial score (nSPS) is 40.6. The van der Waals surface area contributed by atoms with Crippen molar-refractivity contribution in [2.45, 2.75) is 119 Å². The summed E-state index contributed by atoms with van der Waals surface area (Å²) < 4.78 is 12.5. The maximum Gasteiger partial charge on any atom is 0.246 e. The second-order valence-electron chi connectivity index (χ2n) is 12.1. The van der Waals surface area contributed by atoms with Crippen LogP contribution in [0.25, 0.3) is 0 Å². The van der Waals surface area contributed by atoms with Crippen molar-refractivity contribution in [3.63, 3.8) is 0 Å². The van der Waals surface area contributed by atoms with Crippen molar-refractivity contribution < 1.29 is 23.9 Å². The minimum atomic E-state index is -1.11. The molecule has 6 aliphatic rings. The van der Waals surface area contributed by atoms with Crippen LogP contribution < -0.4 is 10.6 Å². The molecule has 6 atom stereocenters. The summed E-state index contributed by atoms with van der Waals surface area (Å²) in [4.78, 5) is 43.4. The number of fused-ring (bicyclic) bond motifs is 1. The Morgan fingerprint density at radius 1 is 0.917 bits per heavy atom. The lowest BCUT2D eigenvalue weighted by Gasteiger charge is -2.35. The average molecular weight is 500 g/mol. The van der Waals surface area contributed by atoms with E-state index < -0.39 is 29.1 Å². The smallest absolute Gasteiger partial charge is 0.246 e. The summed E-state index contributed by atoms with van der Waals surface area (Å²) in [5.41, 5.74) is -2.00. The van der Waals surface area contributed by atoms with E-state index in [2.05, 4.69) is 10.6 Å². The highest BCUT2D eigenvalue weighted by molar-refractivity contribution is 6.00. The van der Waals surface area contributed by atoms with Gasteiger partial charge in [0.05, 0.1) is 23.5 Å². The molecule has 4 aliphatic heterocycles. The van der Waals surface area contributed by atoms with Gasteiger partial charge in [0.25, 0.3) is 0 Å². The van der Waals surface area contributed by atoms with Crippen molar-refractivity contribution in [3.8, 4) is 0 Å². The quantitative estimate of drug-likeness (QED) is 0.548. The zero-order valence-electron chi connectivity index (χ0n) is 21.5. The van der Waals surface area contributed by atoms with Gasteiger partial charge < -0.3 is 25.0 Å². The first kappa shape index (κ1) is 24.4. The van der Waals surface area contributed by atoms with Crippen molar-refractivity contribution in [1.82, 2.24) is 15.5 Å². The summed E-state index contributed by atoms with van der Waals surface area (Å²) in [5, 5.41) is 6.51. The molecule has 4 heterocycles. The number of amides is 3. The van der Waals surface area contributed by atoms with Gasteiger partial charge in [-0.15, -0.1) is 0 Å². The SMILES string of the molecule is CC12C=CC3(O1)C(C(=O)N(CC1CCCO1)C3C(=O)NC1CCCCC1)C2C(=O)NC1CCCCC1. The van der Waals surface area contributed by atoms with Crippen LogP contribution in [0.3, 0.4) is 0 Å². The second kappa shape index (κ2) is 9.43. The maximum absolute atomic E-state index is 14.1. The molecule has 8 nitrogen and oxygen atoms in total. The van der Waals surface area contributed by atoms with Gasteiger partial charge in [0.15, 0.2) is 0 Å². The van der Waals surface area contributed by atoms with Crippen LogP contribution in [0.4, 0.5) is 0 Å². The molecule has 0 radical (unpaired) electrons. The third-order valence-electron chi connectivity index (χ3n) is 9.65. The third-order valence-corrected chi connectivity index (χ3v) is 9.65. The Morgan fingerprint density at radius 2 is 1.56 bits per heavy atom. The summed E-state index contributed by atoms with van der Waals surface area (Å²) in [6.45, 7) is 2.95. The minimum absolute atomic E-state index is 0.0829. The molecule has 3 saturated heterocycles. The lowest BCUT2D eigenvalue weighted by Crippen LogP contribution is -2.57. The first-order chi connectivity index (χ1) is 17.4. The number of likely N-dealkylation sites (tertiary alicyclic amines) is 1. The monoisotopic (exact) mass is 499 g/mol. The van der Waals surface area contributed by atoms with Crippen molar-refractivity contribution in [2.75, 3.05) is 13.2 Å². The van der Waals surface area contributed by atoms with E-state index in [-0.39, 0.29) is 35.9 Å². The molecule has 3 amide bonds. The molecule has 198 valence electrons. The van der Waals surface area contributed by atoms with Gasteiger partial charge >= 0.3 is 0 Å². The van der Waals surface area contributed by atoms with E-state index in [1.54, 1.807) is 4.90 Å². The van der Waals surface area contributed by atoms with Crippen molar-refractivity contribution in [3.05, 3.63) is 12.2 Å². The number of carbonyl (C=O) groups excluding carboxylic acids is 3. The highest BCUT2D eigenvalue weighted by Gasteiger charge is 2.76. The zero-order chi connectivity index (χ0) is 24.9. The van der Waals surface area contributed by atoms with Gasteiger partial charge in [-0.1, -0.05) is 50.7 Å². The summed E-state index contributed by atoms with van der Waals surface area (Å²) in [6.07, 6.45) is 16.4. The van der Waals surface area contributed by atoms with Crippen LogP contribution in [-0.4, -0.2) is 71.2 Å². The van der Waals surface area contributed by atoms with Gasteiger partial charge in [-0.05, 0) is 45.4 Å². The Hall–Kier alpha value is -1.93. The van der Waals surface area contributed by atoms with Crippen LogP contribution >= 0.6 is 0 Å². The van der Waals surface area contributed by atoms with E-state index in [0.29, 0.717) is 13.2 Å². The van der Waals surface area contributed by atoms with Crippen LogP contribution in [0.2, 0.25) is 0 Å². The molecule has 0 aromatic heterocycles.